The highest BCUT2D eigenvalue weighted by Crippen LogP contribution is 2.33. The van der Waals surface area contributed by atoms with Gasteiger partial charge < -0.3 is 9.84 Å². The normalized spacial score (nSPS) is 13.7. The quantitative estimate of drug-likeness (QED) is 0.637. The Balaban J connectivity index is 1.60. The van der Waals surface area contributed by atoms with E-state index in [0.717, 1.165) is 22.4 Å². The Morgan fingerprint density at radius 3 is 2.50 bits per heavy atom. The number of aromatic nitrogens is 3. The van der Waals surface area contributed by atoms with Gasteiger partial charge in [0.25, 0.3) is 0 Å². The first-order valence-electron chi connectivity index (χ1n) is 8.28. The van der Waals surface area contributed by atoms with E-state index < -0.39 is 0 Å². The highest BCUT2D eigenvalue weighted by atomic mass is 16.5. The van der Waals surface area contributed by atoms with Crippen LogP contribution in [0.5, 0.6) is 0 Å². The lowest BCUT2D eigenvalue weighted by Crippen LogP contribution is -2.47. The van der Waals surface area contributed by atoms with E-state index in [9.17, 15) is 4.79 Å². The zero-order valence-electron chi connectivity index (χ0n) is 13.9. The summed E-state index contributed by atoms with van der Waals surface area (Å²) in [7, 11) is 0. The number of esters is 1. The fraction of sp³-hybridized carbons (Fsp3) is 0.235. The van der Waals surface area contributed by atoms with Crippen molar-refractivity contribution in [3.05, 3.63) is 48.5 Å². The van der Waals surface area contributed by atoms with Gasteiger partial charge in [0.2, 0.25) is 0 Å². The largest absolute Gasteiger partial charge is 0.463 e. The molecule has 2 heterocycles. The van der Waals surface area contributed by atoms with E-state index in [-0.39, 0.29) is 25.6 Å². The highest BCUT2D eigenvalue weighted by molar-refractivity contribution is 5.75. The Bertz CT molecular complexity index is 895. The zero-order valence-corrected chi connectivity index (χ0v) is 13.9. The Morgan fingerprint density at radius 2 is 1.77 bits per heavy atom. The van der Waals surface area contributed by atoms with E-state index in [1.54, 1.807) is 10.2 Å². The average Bonchev–Trinajstić information content (AvgIpc) is 3.24. The van der Waals surface area contributed by atoms with Crippen molar-refractivity contribution in [1.82, 2.24) is 20.2 Å². The number of hydrazine groups is 2. The van der Waals surface area contributed by atoms with E-state index in [2.05, 4.69) is 15.6 Å². The fourth-order valence-corrected chi connectivity index (χ4v) is 2.76. The second-order valence-electron chi connectivity index (χ2n) is 5.69. The van der Waals surface area contributed by atoms with E-state index in [0.29, 0.717) is 6.54 Å². The van der Waals surface area contributed by atoms with Gasteiger partial charge in [-0.05, 0) is 24.3 Å². The van der Waals surface area contributed by atoms with Gasteiger partial charge in [0.15, 0.2) is 0 Å². The molecular weight excluding hydrogens is 336 g/mol. The lowest BCUT2D eigenvalue weighted by atomic mass is 10.3. The number of anilines is 2. The van der Waals surface area contributed by atoms with Gasteiger partial charge in [-0.15, -0.1) is 15.3 Å². The number of carbonyl (C=O) groups excluding carboxylic acids is 1. The first-order valence-corrected chi connectivity index (χ1v) is 8.28. The summed E-state index contributed by atoms with van der Waals surface area (Å²) in [5.74, 6) is -0.379. The molecule has 0 fully saturated rings. The molecule has 3 aromatic rings. The van der Waals surface area contributed by atoms with Crippen LogP contribution in [0.4, 0.5) is 11.4 Å². The van der Waals surface area contributed by atoms with Gasteiger partial charge in [0.05, 0.1) is 25.3 Å². The molecule has 2 aromatic carbocycles. The van der Waals surface area contributed by atoms with E-state index in [4.69, 9.17) is 9.84 Å². The molecule has 0 unspecified atom stereocenters. The first-order chi connectivity index (χ1) is 12.8. The third-order valence-corrected chi connectivity index (χ3v) is 3.93. The van der Waals surface area contributed by atoms with Crippen LogP contribution in [0.2, 0.25) is 0 Å². The summed E-state index contributed by atoms with van der Waals surface area (Å²) in [5.41, 5.74) is 6.55. The predicted molar refractivity (Wildman–Crippen MR) is 94.8 cm³/mol. The van der Waals surface area contributed by atoms with Crippen molar-refractivity contribution in [3.63, 3.8) is 0 Å². The van der Waals surface area contributed by atoms with Crippen LogP contribution in [0.3, 0.4) is 0 Å². The highest BCUT2D eigenvalue weighted by Gasteiger charge is 2.30. The second-order valence-corrected chi connectivity index (χ2v) is 5.69. The first kappa shape index (κ1) is 16.3. The maximum absolute atomic E-state index is 11.8. The fourth-order valence-electron chi connectivity index (χ4n) is 2.76. The van der Waals surface area contributed by atoms with Gasteiger partial charge in [-0.25, -0.2) is 0 Å². The summed E-state index contributed by atoms with van der Waals surface area (Å²) in [6.45, 7) is 0.161. The molecule has 2 N–H and O–H groups in total. The molecule has 0 radical (unpaired) electrons. The number of aliphatic hydroxyl groups excluding tert-OH is 1. The molecule has 4 rings (SSSR count). The number of carbonyl (C=O) groups is 1. The smallest absolute Gasteiger partial charge is 0.307 e. The third kappa shape index (κ3) is 3.05. The van der Waals surface area contributed by atoms with E-state index in [1.165, 1.54) is 4.91 Å². The van der Waals surface area contributed by atoms with Crippen LogP contribution in [-0.2, 0) is 9.53 Å². The number of nitrogens with one attached hydrogen (secondary N) is 1. The average molecular weight is 354 g/mol. The van der Waals surface area contributed by atoms with Crippen LogP contribution < -0.4 is 10.5 Å². The number of para-hydroxylation sites is 2. The lowest BCUT2D eigenvalue weighted by Gasteiger charge is -2.26. The Kier molecular flexibility index (Phi) is 4.38. The molecule has 26 heavy (non-hydrogen) atoms. The molecular formula is C17H18N6O3. The summed E-state index contributed by atoms with van der Waals surface area (Å²) in [5, 5.41) is 21.3. The summed E-state index contributed by atoms with van der Waals surface area (Å²) in [4.78, 5) is 13.3. The number of benzene rings is 2. The van der Waals surface area contributed by atoms with Crippen LogP contribution >= 0.6 is 0 Å². The Labute approximate surface area is 149 Å². The molecule has 9 nitrogen and oxygen atoms in total. The maximum Gasteiger partial charge on any atom is 0.307 e. The van der Waals surface area contributed by atoms with Crippen molar-refractivity contribution in [1.29, 1.82) is 0 Å². The van der Waals surface area contributed by atoms with Gasteiger partial charge in [0, 0.05) is 0 Å². The topological polar surface area (TPSA) is 95.8 Å². The van der Waals surface area contributed by atoms with Gasteiger partial charge >= 0.3 is 5.97 Å². The minimum Gasteiger partial charge on any atom is -0.463 e. The predicted octanol–water partition coefficient (Wildman–Crippen LogP) is 1.18. The second kappa shape index (κ2) is 6.98. The monoisotopic (exact) mass is 354 g/mol. The van der Waals surface area contributed by atoms with Crippen molar-refractivity contribution in [2.75, 3.05) is 30.3 Å². The molecule has 0 atom stereocenters. The summed E-state index contributed by atoms with van der Waals surface area (Å²) < 4.78 is 4.92. The Hall–Kier alpha value is -3.17. The summed E-state index contributed by atoms with van der Waals surface area (Å²) in [6.07, 6.45) is 0.151. The van der Waals surface area contributed by atoms with Crippen LogP contribution in [0.25, 0.3) is 11.0 Å². The van der Waals surface area contributed by atoms with Gasteiger partial charge in [0.1, 0.15) is 23.3 Å². The third-order valence-electron chi connectivity index (χ3n) is 3.93. The van der Waals surface area contributed by atoms with Crippen molar-refractivity contribution >= 4 is 28.4 Å². The maximum atomic E-state index is 11.8. The molecule has 134 valence electrons. The Morgan fingerprint density at radius 1 is 1.08 bits per heavy atom. The molecule has 1 aromatic heterocycles. The van der Waals surface area contributed by atoms with Crippen molar-refractivity contribution < 1.29 is 14.6 Å². The van der Waals surface area contributed by atoms with Crippen LogP contribution in [0, 0.1) is 0 Å². The molecule has 0 aliphatic carbocycles. The molecule has 0 saturated carbocycles. The van der Waals surface area contributed by atoms with Crippen LogP contribution in [0.1, 0.15) is 6.42 Å². The standard InChI is InChI=1S/C17H18N6O3/c24-11-12-26-17(25)9-10-21-18-15-7-3-4-8-16(15)22(21)23-19-13-5-1-2-6-14(13)20-23/h1-8,18,24H,9-12H2. The summed E-state index contributed by atoms with van der Waals surface area (Å²) >= 11 is 0. The van der Waals surface area contributed by atoms with E-state index >= 15 is 0 Å². The number of nitrogens with zero attached hydrogens (tertiary/aromatic N) is 5. The summed E-state index contributed by atoms with van der Waals surface area (Å²) in [6, 6.07) is 15.3. The molecule has 0 saturated heterocycles. The van der Waals surface area contributed by atoms with Crippen molar-refractivity contribution in [3.8, 4) is 0 Å². The zero-order chi connectivity index (χ0) is 17.9. The van der Waals surface area contributed by atoms with Gasteiger partial charge in [-0.2, -0.15) is 5.12 Å². The molecule has 0 amide bonds. The SMILES string of the molecule is O=C(CCN1Nc2ccccc2N1n1nc2ccccc2n1)OCCO. The molecule has 0 bridgehead atoms. The number of hydrogen-bond acceptors (Lipinski definition) is 8. The molecule has 0 spiro atoms. The van der Waals surface area contributed by atoms with Crippen LogP contribution in [-0.4, -0.2) is 51.1 Å². The number of rotatable bonds is 6. The minimum absolute atomic E-state index is 0.00228. The van der Waals surface area contributed by atoms with Gasteiger partial charge in [-0.3, -0.25) is 10.2 Å². The van der Waals surface area contributed by atoms with Gasteiger partial charge in [-0.1, -0.05) is 29.2 Å². The number of hydrogen-bond donors (Lipinski definition) is 2. The minimum atomic E-state index is -0.379. The molecule has 9 heteroatoms. The van der Waals surface area contributed by atoms with Crippen LogP contribution in [0.15, 0.2) is 48.5 Å². The number of ether oxygens (including phenoxy) is 1. The van der Waals surface area contributed by atoms with Crippen molar-refractivity contribution in [2.24, 2.45) is 0 Å². The number of aliphatic hydroxyl groups is 1. The number of fused-ring (bicyclic) bond motifs is 2. The molecule has 1 aliphatic rings. The van der Waals surface area contributed by atoms with E-state index in [1.807, 2.05) is 48.5 Å². The van der Waals surface area contributed by atoms with Crippen molar-refractivity contribution in [2.45, 2.75) is 6.42 Å². The lowest BCUT2D eigenvalue weighted by molar-refractivity contribution is -0.145. The molecule has 1 aliphatic heterocycles.